The molecule has 1 atom stereocenters. The van der Waals surface area contributed by atoms with Crippen LogP contribution in [0.2, 0.25) is 0 Å². The first-order chi connectivity index (χ1) is 15.5. The standard InChI is InChI=1S/C23H21BrN4O4/c1-4-31-13-7-5-12(6-8-13)21-20-19(15(11-25)22(26)32-23(20)28-27-21)14-9-17(29-2)18(30-3)10-16(14)24/h5-10,19H,4,26H2,1-3H3,(H,27,28)/t19-/m1/s1. The van der Waals surface area contributed by atoms with E-state index in [1.807, 2.05) is 37.3 Å². The molecular formula is C23H21BrN4O4. The van der Waals surface area contributed by atoms with Crippen LogP contribution in [0.5, 0.6) is 23.1 Å². The van der Waals surface area contributed by atoms with Crippen molar-refractivity contribution in [1.82, 2.24) is 10.2 Å². The van der Waals surface area contributed by atoms with Gasteiger partial charge in [0.05, 0.1) is 38.0 Å². The molecule has 0 radical (unpaired) electrons. The second-order valence-electron chi connectivity index (χ2n) is 6.93. The number of rotatable bonds is 6. The Morgan fingerprint density at radius 1 is 1.19 bits per heavy atom. The quantitative estimate of drug-likeness (QED) is 0.516. The number of nitrogens with zero attached hydrogens (tertiary/aromatic N) is 2. The van der Waals surface area contributed by atoms with E-state index in [4.69, 9.17) is 24.7 Å². The molecule has 1 aromatic heterocycles. The number of allylic oxidation sites excluding steroid dienone is 1. The molecule has 0 fully saturated rings. The summed E-state index contributed by atoms with van der Waals surface area (Å²) in [6, 6.07) is 13.4. The minimum absolute atomic E-state index is 0.0106. The normalized spacial score (nSPS) is 14.9. The number of methoxy groups -OCH3 is 2. The fourth-order valence-corrected chi connectivity index (χ4v) is 4.30. The summed E-state index contributed by atoms with van der Waals surface area (Å²) in [5.41, 5.74) is 9.43. The Hall–Kier alpha value is -3.64. The van der Waals surface area contributed by atoms with Crippen molar-refractivity contribution >= 4 is 15.9 Å². The first kappa shape index (κ1) is 21.6. The summed E-state index contributed by atoms with van der Waals surface area (Å²) in [6.45, 7) is 2.51. The Bertz CT molecular complexity index is 1230. The Morgan fingerprint density at radius 3 is 2.50 bits per heavy atom. The predicted octanol–water partition coefficient (Wildman–Crippen LogP) is 4.47. The SMILES string of the molecule is CCOc1ccc(-c2[nH]nc3c2[C@H](c2cc(OC)c(OC)cc2Br)C(C#N)=C(N)O3)cc1. The molecule has 32 heavy (non-hydrogen) atoms. The number of hydrogen-bond acceptors (Lipinski definition) is 7. The number of benzene rings is 2. The van der Waals surface area contributed by atoms with Crippen molar-refractivity contribution in [2.75, 3.05) is 20.8 Å². The largest absolute Gasteiger partial charge is 0.494 e. The van der Waals surface area contributed by atoms with E-state index >= 15 is 0 Å². The Labute approximate surface area is 193 Å². The van der Waals surface area contributed by atoms with Crippen LogP contribution in [-0.4, -0.2) is 31.0 Å². The predicted molar refractivity (Wildman–Crippen MR) is 122 cm³/mol. The zero-order chi connectivity index (χ0) is 22.8. The molecule has 0 saturated carbocycles. The number of aromatic amines is 1. The molecule has 0 saturated heterocycles. The first-order valence-electron chi connectivity index (χ1n) is 9.82. The molecule has 164 valence electrons. The Kier molecular flexibility index (Phi) is 5.97. The van der Waals surface area contributed by atoms with Crippen LogP contribution < -0.4 is 24.7 Å². The number of halogens is 1. The highest BCUT2D eigenvalue weighted by atomic mass is 79.9. The van der Waals surface area contributed by atoms with E-state index in [0.29, 0.717) is 29.5 Å². The van der Waals surface area contributed by atoms with Crippen molar-refractivity contribution < 1.29 is 18.9 Å². The van der Waals surface area contributed by atoms with Crippen LogP contribution in [0, 0.1) is 11.3 Å². The minimum atomic E-state index is -0.543. The van der Waals surface area contributed by atoms with Crippen molar-refractivity contribution in [3.8, 4) is 40.5 Å². The summed E-state index contributed by atoms with van der Waals surface area (Å²) in [5.74, 6) is 1.64. The second kappa shape index (κ2) is 8.85. The van der Waals surface area contributed by atoms with E-state index in [2.05, 4.69) is 32.2 Å². The first-order valence-corrected chi connectivity index (χ1v) is 10.6. The molecule has 3 N–H and O–H groups in total. The lowest BCUT2D eigenvalue weighted by molar-refractivity contribution is 0.340. The third-order valence-electron chi connectivity index (χ3n) is 5.21. The monoisotopic (exact) mass is 496 g/mol. The van der Waals surface area contributed by atoms with Crippen LogP contribution in [0.1, 0.15) is 24.0 Å². The van der Waals surface area contributed by atoms with Crippen molar-refractivity contribution in [3.63, 3.8) is 0 Å². The van der Waals surface area contributed by atoms with E-state index < -0.39 is 5.92 Å². The number of nitrogens with two attached hydrogens (primary N) is 1. The highest BCUT2D eigenvalue weighted by molar-refractivity contribution is 9.10. The van der Waals surface area contributed by atoms with Gasteiger partial charge in [0.2, 0.25) is 11.8 Å². The maximum atomic E-state index is 9.95. The number of fused-ring (bicyclic) bond motifs is 1. The fourth-order valence-electron chi connectivity index (χ4n) is 3.75. The van der Waals surface area contributed by atoms with Crippen LogP contribution in [0.15, 0.2) is 52.3 Å². The highest BCUT2D eigenvalue weighted by Gasteiger charge is 2.37. The molecule has 8 nitrogen and oxygen atoms in total. The third kappa shape index (κ3) is 3.63. The molecule has 0 spiro atoms. The number of H-pyrrole nitrogens is 1. The van der Waals surface area contributed by atoms with E-state index in [-0.39, 0.29) is 11.5 Å². The van der Waals surface area contributed by atoms with Crippen LogP contribution in [0.25, 0.3) is 11.3 Å². The average molecular weight is 497 g/mol. The lowest BCUT2D eigenvalue weighted by atomic mass is 9.83. The molecular weight excluding hydrogens is 476 g/mol. The van der Waals surface area contributed by atoms with Gasteiger partial charge in [-0.3, -0.25) is 5.10 Å². The van der Waals surface area contributed by atoms with Gasteiger partial charge in [0.25, 0.3) is 0 Å². The molecule has 0 unspecified atom stereocenters. The lowest BCUT2D eigenvalue weighted by Crippen LogP contribution is -2.21. The fraction of sp³-hybridized carbons (Fsp3) is 0.217. The van der Waals surface area contributed by atoms with Gasteiger partial charge in [-0.2, -0.15) is 5.26 Å². The van der Waals surface area contributed by atoms with Crippen LogP contribution in [0.4, 0.5) is 0 Å². The van der Waals surface area contributed by atoms with E-state index in [1.54, 1.807) is 20.3 Å². The number of nitrogens with one attached hydrogen (secondary N) is 1. The van der Waals surface area contributed by atoms with Crippen molar-refractivity contribution in [1.29, 1.82) is 5.26 Å². The maximum Gasteiger partial charge on any atom is 0.244 e. The van der Waals surface area contributed by atoms with Crippen molar-refractivity contribution in [2.24, 2.45) is 5.73 Å². The summed E-state index contributed by atoms with van der Waals surface area (Å²) in [4.78, 5) is 0. The molecule has 9 heteroatoms. The van der Waals surface area contributed by atoms with Gasteiger partial charge in [-0.15, -0.1) is 5.10 Å². The van der Waals surface area contributed by atoms with Gasteiger partial charge in [0.15, 0.2) is 11.5 Å². The van der Waals surface area contributed by atoms with Gasteiger partial charge in [-0.1, -0.05) is 15.9 Å². The zero-order valence-electron chi connectivity index (χ0n) is 17.7. The molecule has 3 aromatic rings. The molecule has 2 aromatic carbocycles. The maximum absolute atomic E-state index is 9.95. The summed E-state index contributed by atoms with van der Waals surface area (Å²) in [7, 11) is 3.12. The average Bonchev–Trinajstić information content (AvgIpc) is 3.22. The van der Waals surface area contributed by atoms with E-state index in [9.17, 15) is 5.26 Å². The van der Waals surface area contributed by atoms with E-state index in [0.717, 1.165) is 27.0 Å². The van der Waals surface area contributed by atoms with Crippen molar-refractivity contribution in [3.05, 3.63) is 63.5 Å². The van der Waals surface area contributed by atoms with Gasteiger partial charge in [0.1, 0.15) is 17.4 Å². The smallest absolute Gasteiger partial charge is 0.244 e. The number of aromatic nitrogens is 2. The number of ether oxygens (including phenoxy) is 4. The van der Waals surface area contributed by atoms with Crippen LogP contribution in [0.3, 0.4) is 0 Å². The molecule has 2 heterocycles. The molecule has 4 rings (SSSR count). The number of nitriles is 1. The van der Waals surface area contributed by atoms with Gasteiger partial charge >= 0.3 is 0 Å². The highest BCUT2D eigenvalue weighted by Crippen LogP contribution is 2.49. The third-order valence-corrected chi connectivity index (χ3v) is 5.89. The van der Waals surface area contributed by atoms with Crippen molar-refractivity contribution in [2.45, 2.75) is 12.8 Å². The van der Waals surface area contributed by atoms with Crippen LogP contribution >= 0.6 is 15.9 Å². The Balaban J connectivity index is 1.91. The molecule has 1 aliphatic rings. The van der Waals surface area contributed by atoms with Gasteiger partial charge in [-0.25, -0.2) is 0 Å². The van der Waals surface area contributed by atoms with Gasteiger partial charge in [-0.05, 0) is 48.9 Å². The second-order valence-corrected chi connectivity index (χ2v) is 7.78. The lowest BCUT2D eigenvalue weighted by Gasteiger charge is -2.25. The molecule has 0 amide bonds. The molecule has 0 aliphatic carbocycles. The van der Waals surface area contributed by atoms with Gasteiger partial charge in [0, 0.05) is 10.0 Å². The van der Waals surface area contributed by atoms with Gasteiger partial charge < -0.3 is 24.7 Å². The topological polar surface area (TPSA) is 115 Å². The summed E-state index contributed by atoms with van der Waals surface area (Å²) < 4.78 is 22.9. The Morgan fingerprint density at radius 2 is 1.88 bits per heavy atom. The zero-order valence-corrected chi connectivity index (χ0v) is 19.3. The summed E-state index contributed by atoms with van der Waals surface area (Å²) in [5, 5.41) is 17.3. The van der Waals surface area contributed by atoms with Crippen LogP contribution in [-0.2, 0) is 0 Å². The summed E-state index contributed by atoms with van der Waals surface area (Å²) in [6.07, 6.45) is 0. The summed E-state index contributed by atoms with van der Waals surface area (Å²) >= 11 is 3.61. The number of hydrogen-bond donors (Lipinski definition) is 2. The molecule has 1 aliphatic heterocycles. The molecule has 0 bridgehead atoms. The minimum Gasteiger partial charge on any atom is -0.494 e. The van der Waals surface area contributed by atoms with E-state index in [1.165, 1.54) is 0 Å².